The molecule has 4 heteroatoms. The quantitative estimate of drug-likeness (QED) is 0.910. The molecular formula is C14H19NO2S. The molecule has 2 atom stereocenters. The van der Waals surface area contributed by atoms with Gasteiger partial charge in [-0.3, -0.25) is 0 Å². The number of ether oxygens (including phenoxy) is 2. The predicted molar refractivity (Wildman–Crippen MR) is 73.8 cm³/mol. The van der Waals surface area contributed by atoms with Crippen LogP contribution in [0.5, 0.6) is 11.5 Å². The van der Waals surface area contributed by atoms with Crippen molar-refractivity contribution in [2.45, 2.75) is 35.4 Å². The van der Waals surface area contributed by atoms with Crippen molar-refractivity contribution in [3.63, 3.8) is 0 Å². The Kier molecular flexibility index (Phi) is 3.66. The first-order chi connectivity index (χ1) is 8.86. The molecule has 98 valence electrons. The third kappa shape index (κ3) is 2.45. The van der Waals surface area contributed by atoms with E-state index in [9.17, 15) is 0 Å². The van der Waals surface area contributed by atoms with Crippen LogP contribution in [0, 0.1) is 0 Å². The Hall–Kier alpha value is -0.870. The summed E-state index contributed by atoms with van der Waals surface area (Å²) in [7, 11) is 2.06. The van der Waals surface area contributed by atoms with E-state index in [1.807, 2.05) is 17.8 Å². The lowest BCUT2D eigenvalue weighted by atomic mass is 10.2. The highest BCUT2D eigenvalue weighted by atomic mass is 32.2. The summed E-state index contributed by atoms with van der Waals surface area (Å²) in [6.45, 7) is 1.31. The van der Waals surface area contributed by atoms with Gasteiger partial charge in [0.05, 0.1) is 0 Å². The summed E-state index contributed by atoms with van der Waals surface area (Å²) in [5.41, 5.74) is 0. The van der Waals surface area contributed by atoms with Crippen LogP contribution in [-0.4, -0.2) is 31.6 Å². The first kappa shape index (κ1) is 12.2. The minimum atomic E-state index is 0.642. The average molecular weight is 265 g/mol. The standard InChI is InChI=1S/C14H19NO2S/c1-15-11-3-2-4-14(11)18-10-5-6-12-13(9-10)17-8-7-16-12/h5-6,9,11,14-15H,2-4,7-8H2,1H3. The normalized spacial score (nSPS) is 26.3. The summed E-state index contributed by atoms with van der Waals surface area (Å²) in [4.78, 5) is 1.28. The lowest BCUT2D eigenvalue weighted by molar-refractivity contribution is 0.171. The summed E-state index contributed by atoms with van der Waals surface area (Å²) >= 11 is 1.96. The van der Waals surface area contributed by atoms with Crippen molar-refractivity contribution in [3.05, 3.63) is 18.2 Å². The first-order valence-corrected chi connectivity index (χ1v) is 7.48. The molecule has 18 heavy (non-hydrogen) atoms. The van der Waals surface area contributed by atoms with E-state index in [4.69, 9.17) is 9.47 Å². The smallest absolute Gasteiger partial charge is 0.162 e. The highest BCUT2D eigenvalue weighted by Gasteiger charge is 2.27. The molecule has 1 aromatic rings. The summed E-state index contributed by atoms with van der Waals surface area (Å²) in [5.74, 6) is 1.77. The van der Waals surface area contributed by atoms with E-state index in [1.54, 1.807) is 0 Å². The van der Waals surface area contributed by atoms with Crippen LogP contribution in [0.15, 0.2) is 23.1 Å². The van der Waals surface area contributed by atoms with E-state index in [0.29, 0.717) is 24.5 Å². The summed E-state index contributed by atoms with van der Waals surface area (Å²) in [6.07, 6.45) is 3.91. The Bertz CT molecular complexity index is 424. The first-order valence-electron chi connectivity index (χ1n) is 6.60. The van der Waals surface area contributed by atoms with Gasteiger partial charge in [-0.2, -0.15) is 0 Å². The fraction of sp³-hybridized carbons (Fsp3) is 0.571. The van der Waals surface area contributed by atoms with E-state index >= 15 is 0 Å². The molecule has 3 nitrogen and oxygen atoms in total. The van der Waals surface area contributed by atoms with Crippen molar-refractivity contribution in [2.75, 3.05) is 20.3 Å². The number of rotatable bonds is 3. The molecule has 1 fully saturated rings. The largest absolute Gasteiger partial charge is 0.486 e. The van der Waals surface area contributed by atoms with E-state index in [0.717, 1.165) is 11.5 Å². The zero-order chi connectivity index (χ0) is 12.4. The maximum atomic E-state index is 5.63. The van der Waals surface area contributed by atoms with Crippen LogP contribution in [0.3, 0.4) is 0 Å². The SMILES string of the molecule is CNC1CCCC1Sc1ccc2c(c1)OCCO2. The molecule has 1 aromatic carbocycles. The van der Waals surface area contributed by atoms with Crippen molar-refractivity contribution in [3.8, 4) is 11.5 Å². The van der Waals surface area contributed by atoms with E-state index in [1.165, 1.54) is 24.2 Å². The topological polar surface area (TPSA) is 30.5 Å². The van der Waals surface area contributed by atoms with Gasteiger partial charge >= 0.3 is 0 Å². The van der Waals surface area contributed by atoms with Crippen LogP contribution >= 0.6 is 11.8 Å². The maximum absolute atomic E-state index is 5.63. The highest BCUT2D eigenvalue weighted by Crippen LogP contribution is 2.39. The number of nitrogens with one attached hydrogen (secondary N) is 1. The van der Waals surface area contributed by atoms with Gasteiger partial charge in [0.15, 0.2) is 11.5 Å². The van der Waals surface area contributed by atoms with Gasteiger partial charge in [0.2, 0.25) is 0 Å². The lowest BCUT2D eigenvalue weighted by Crippen LogP contribution is -2.30. The third-order valence-electron chi connectivity index (χ3n) is 3.62. The van der Waals surface area contributed by atoms with Gasteiger partial charge in [0, 0.05) is 16.2 Å². The number of hydrogen-bond acceptors (Lipinski definition) is 4. The van der Waals surface area contributed by atoms with Gasteiger partial charge in [-0.15, -0.1) is 11.8 Å². The van der Waals surface area contributed by atoms with Crippen molar-refractivity contribution < 1.29 is 9.47 Å². The zero-order valence-corrected chi connectivity index (χ0v) is 11.5. The number of hydrogen-bond donors (Lipinski definition) is 1. The molecule has 0 amide bonds. The number of benzene rings is 1. The Labute approximate surface area is 112 Å². The second-order valence-electron chi connectivity index (χ2n) is 4.79. The van der Waals surface area contributed by atoms with Crippen molar-refractivity contribution in [2.24, 2.45) is 0 Å². The van der Waals surface area contributed by atoms with Gasteiger partial charge in [-0.05, 0) is 38.1 Å². The molecule has 1 aliphatic heterocycles. The zero-order valence-electron chi connectivity index (χ0n) is 10.6. The molecule has 2 unspecified atom stereocenters. The molecule has 2 aliphatic rings. The van der Waals surface area contributed by atoms with Crippen molar-refractivity contribution in [1.82, 2.24) is 5.32 Å². The van der Waals surface area contributed by atoms with Crippen LogP contribution in [0.4, 0.5) is 0 Å². The Balaban J connectivity index is 1.72. The minimum Gasteiger partial charge on any atom is -0.486 e. The van der Waals surface area contributed by atoms with Crippen molar-refractivity contribution in [1.29, 1.82) is 0 Å². The minimum absolute atomic E-state index is 0.642. The van der Waals surface area contributed by atoms with Crippen LogP contribution in [0.25, 0.3) is 0 Å². The van der Waals surface area contributed by atoms with Gasteiger partial charge in [-0.1, -0.05) is 6.42 Å². The lowest BCUT2D eigenvalue weighted by Gasteiger charge is -2.21. The summed E-state index contributed by atoms with van der Waals surface area (Å²) in [6, 6.07) is 6.93. The van der Waals surface area contributed by atoms with Crippen molar-refractivity contribution >= 4 is 11.8 Å². The molecular weight excluding hydrogens is 246 g/mol. The van der Waals surface area contributed by atoms with Gasteiger partial charge in [0.25, 0.3) is 0 Å². The highest BCUT2D eigenvalue weighted by molar-refractivity contribution is 8.00. The number of thioether (sulfide) groups is 1. The van der Waals surface area contributed by atoms with Gasteiger partial charge in [-0.25, -0.2) is 0 Å². The molecule has 0 aromatic heterocycles. The Morgan fingerprint density at radius 3 is 2.83 bits per heavy atom. The van der Waals surface area contributed by atoms with E-state index < -0.39 is 0 Å². The van der Waals surface area contributed by atoms with E-state index in [2.05, 4.69) is 24.5 Å². The third-order valence-corrected chi connectivity index (χ3v) is 5.02. The van der Waals surface area contributed by atoms with E-state index in [-0.39, 0.29) is 0 Å². The number of fused-ring (bicyclic) bond motifs is 1. The van der Waals surface area contributed by atoms with Crippen LogP contribution < -0.4 is 14.8 Å². The molecule has 1 aliphatic carbocycles. The van der Waals surface area contributed by atoms with Gasteiger partial charge < -0.3 is 14.8 Å². The second-order valence-corrected chi connectivity index (χ2v) is 6.10. The molecule has 0 radical (unpaired) electrons. The van der Waals surface area contributed by atoms with Crippen LogP contribution in [-0.2, 0) is 0 Å². The fourth-order valence-electron chi connectivity index (χ4n) is 2.67. The molecule has 1 saturated carbocycles. The molecule has 3 rings (SSSR count). The molecule has 0 spiro atoms. The molecule has 1 N–H and O–H groups in total. The Morgan fingerprint density at radius 1 is 1.17 bits per heavy atom. The second kappa shape index (κ2) is 5.41. The summed E-state index contributed by atoms with van der Waals surface area (Å²) < 4.78 is 11.2. The predicted octanol–water partition coefficient (Wildman–Crippen LogP) is 2.69. The fourth-order valence-corrected chi connectivity index (χ4v) is 4.06. The molecule has 0 bridgehead atoms. The maximum Gasteiger partial charge on any atom is 0.162 e. The monoisotopic (exact) mass is 265 g/mol. The molecule has 0 saturated heterocycles. The average Bonchev–Trinajstić information content (AvgIpc) is 2.86. The van der Waals surface area contributed by atoms with Crippen LogP contribution in [0.1, 0.15) is 19.3 Å². The van der Waals surface area contributed by atoms with Gasteiger partial charge in [0.1, 0.15) is 13.2 Å². The Morgan fingerprint density at radius 2 is 2.00 bits per heavy atom. The molecule has 1 heterocycles. The van der Waals surface area contributed by atoms with Crippen LogP contribution in [0.2, 0.25) is 0 Å². The summed E-state index contributed by atoms with van der Waals surface area (Å²) in [5, 5.41) is 4.10.